The summed E-state index contributed by atoms with van der Waals surface area (Å²) in [5.41, 5.74) is 10.5. The van der Waals surface area contributed by atoms with E-state index in [9.17, 15) is 9.59 Å². The van der Waals surface area contributed by atoms with Crippen LogP contribution in [0.5, 0.6) is 0 Å². The highest BCUT2D eigenvalue weighted by molar-refractivity contribution is 6.09. The monoisotopic (exact) mass is 429 g/mol. The zero-order valence-electron chi connectivity index (χ0n) is 17.6. The van der Waals surface area contributed by atoms with Crippen LogP contribution in [0.25, 0.3) is 16.8 Å². The van der Waals surface area contributed by atoms with Crippen LogP contribution in [-0.2, 0) is 22.5 Å². The summed E-state index contributed by atoms with van der Waals surface area (Å²) in [7, 11) is 0. The number of pyridine rings is 1. The lowest BCUT2D eigenvalue weighted by atomic mass is 10.0. The largest absolute Gasteiger partial charge is 0.466 e. The normalized spacial score (nSPS) is 10.8. The van der Waals surface area contributed by atoms with E-state index >= 15 is 0 Å². The first-order valence-corrected chi connectivity index (χ1v) is 10.3. The first kappa shape index (κ1) is 21.2. The van der Waals surface area contributed by atoms with Gasteiger partial charge in [0.25, 0.3) is 5.91 Å². The SMILES string of the molecule is CCOC(=O)Cc1ccccc1NC(=O)c1cc(-c2cccc(CN)c2)cn2ncnc12. The molecule has 1 amide bonds. The molecule has 0 atom stereocenters. The summed E-state index contributed by atoms with van der Waals surface area (Å²) in [6, 6.07) is 16.7. The van der Waals surface area contributed by atoms with Crippen LogP contribution in [0.2, 0.25) is 0 Å². The van der Waals surface area contributed by atoms with Crippen molar-refractivity contribution in [2.45, 2.75) is 19.9 Å². The molecule has 0 fully saturated rings. The van der Waals surface area contributed by atoms with Crippen molar-refractivity contribution in [1.29, 1.82) is 0 Å². The predicted molar refractivity (Wildman–Crippen MR) is 121 cm³/mol. The molecule has 0 saturated carbocycles. The molecule has 162 valence electrons. The second-order valence-electron chi connectivity index (χ2n) is 7.17. The molecule has 8 nitrogen and oxygen atoms in total. The third kappa shape index (κ3) is 4.50. The van der Waals surface area contributed by atoms with Gasteiger partial charge < -0.3 is 15.8 Å². The molecule has 0 aliphatic rings. The van der Waals surface area contributed by atoms with Crippen molar-refractivity contribution in [3.63, 3.8) is 0 Å². The third-order valence-electron chi connectivity index (χ3n) is 5.02. The number of rotatable bonds is 7. The number of benzene rings is 2. The smallest absolute Gasteiger partial charge is 0.310 e. The van der Waals surface area contributed by atoms with E-state index in [4.69, 9.17) is 10.5 Å². The minimum atomic E-state index is -0.351. The maximum Gasteiger partial charge on any atom is 0.310 e. The van der Waals surface area contributed by atoms with E-state index in [2.05, 4.69) is 15.4 Å². The molecule has 0 unspecified atom stereocenters. The lowest BCUT2D eigenvalue weighted by Gasteiger charge is -2.12. The second-order valence-corrected chi connectivity index (χ2v) is 7.17. The molecule has 0 radical (unpaired) electrons. The van der Waals surface area contributed by atoms with E-state index in [1.165, 1.54) is 6.33 Å². The van der Waals surface area contributed by atoms with Crippen molar-refractivity contribution in [3.8, 4) is 11.1 Å². The Morgan fingerprint density at radius 2 is 1.94 bits per heavy atom. The molecule has 8 heteroatoms. The molecule has 4 aromatic rings. The molecule has 0 saturated heterocycles. The fourth-order valence-corrected chi connectivity index (χ4v) is 3.48. The topological polar surface area (TPSA) is 112 Å². The summed E-state index contributed by atoms with van der Waals surface area (Å²) in [4.78, 5) is 29.5. The maximum atomic E-state index is 13.3. The van der Waals surface area contributed by atoms with Gasteiger partial charge in [0.05, 0.1) is 18.6 Å². The number of fused-ring (bicyclic) bond motifs is 1. The fourth-order valence-electron chi connectivity index (χ4n) is 3.48. The first-order chi connectivity index (χ1) is 15.6. The standard InChI is InChI=1S/C24H23N5O3/c1-2-32-22(30)12-18-7-3-4-9-21(18)28-24(31)20-11-19(14-29-23(20)26-15-27-29)17-8-5-6-16(10-17)13-25/h3-11,14-15H,2,12-13,25H2,1H3,(H,28,31). The number of esters is 1. The number of carbonyl (C=O) groups is 2. The van der Waals surface area contributed by atoms with E-state index < -0.39 is 0 Å². The lowest BCUT2D eigenvalue weighted by molar-refractivity contribution is -0.142. The van der Waals surface area contributed by atoms with Crippen LogP contribution in [0.3, 0.4) is 0 Å². The number of ether oxygens (including phenoxy) is 1. The third-order valence-corrected chi connectivity index (χ3v) is 5.02. The highest BCUT2D eigenvalue weighted by atomic mass is 16.5. The zero-order valence-corrected chi connectivity index (χ0v) is 17.6. The van der Waals surface area contributed by atoms with Gasteiger partial charge in [0.15, 0.2) is 5.65 Å². The van der Waals surface area contributed by atoms with E-state index in [1.54, 1.807) is 35.7 Å². The summed E-state index contributed by atoms with van der Waals surface area (Å²) < 4.78 is 6.61. The van der Waals surface area contributed by atoms with Gasteiger partial charge in [0.1, 0.15) is 6.33 Å². The molecule has 2 heterocycles. The Labute approximate surface area is 185 Å². The maximum absolute atomic E-state index is 13.3. The van der Waals surface area contributed by atoms with Gasteiger partial charge in [-0.05, 0) is 41.8 Å². The molecule has 0 aliphatic heterocycles. The number of aromatic nitrogens is 3. The average Bonchev–Trinajstić information content (AvgIpc) is 3.28. The average molecular weight is 429 g/mol. The number of nitrogens with zero attached hydrogens (tertiary/aromatic N) is 3. The van der Waals surface area contributed by atoms with Crippen molar-refractivity contribution >= 4 is 23.2 Å². The van der Waals surface area contributed by atoms with Gasteiger partial charge in [0, 0.05) is 24.0 Å². The summed E-state index contributed by atoms with van der Waals surface area (Å²) in [6.45, 7) is 2.48. The Hall–Kier alpha value is -4.04. The van der Waals surface area contributed by atoms with Gasteiger partial charge in [-0.15, -0.1) is 0 Å². The molecule has 2 aromatic carbocycles. The fraction of sp³-hybridized carbons (Fsp3) is 0.167. The van der Waals surface area contributed by atoms with Crippen molar-refractivity contribution in [2.75, 3.05) is 11.9 Å². The molecule has 32 heavy (non-hydrogen) atoms. The van der Waals surface area contributed by atoms with Gasteiger partial charge >= 0.3 is 5.97 Å². The Morgan fingerprint density at radius 1 is 1.09 bits per heavy atom. The number of amides is 1. The summed E-state index contributed by atoms with van der Waals surface area (Å²) in [6.07, 6.45) is 3.29. The van der Waals surface area contributed by atoms with Crippen molar-refractivity contribution < 1.29 is 14.3 Å². The Bertz CT molecular complexity index is 1280. The van der Waals surface area contributed by atoms with Gasteiger partial charge in [-0.3, -0.25) is 9.59 Å². The predicted octanol–water partition coefficient (Wildman–Crippen LogP) is 3.21. The van der Waals surface area contributed by atoms with Crippen LogP contribution in [0.15, 0.2) is 67.1 Å². The van der Waals surface area contributed by atoms with E-state index in [0.29, 0.717) is 35.6 Å². The number of para-hydroxylation sites is 1. The second kappa shape index (κ2) is 9.40. The van der Waals surface area contributed by atoms with Gasteiger partial charge in [-0.2, -0.15) is 5.10 Å². The number of hydrogen-bond donors (Lipinski definition) is 2. The molecule has 0 aliphatic carbocycles. The molecular weight excluding hydrogens is 406 g/mol. The molecule has 0 spiro atoms. The number of hydrogen-bond acceptors (Lipinski definition) is 6. The number of anilines is 1. The highest BCUT2D eigenvalue weighted by Crippen LogP contribution is 2.25. The quantitative estimate of drug-likeness (QED) is 0.436. The van der Waals surface area contributed by atoms with E-state index in [0.717, 1.165) is 16.7 Å². The van der Waals surface area contributed by atoms with Crippen LogP contribution >= 0.6 is 0 Å². The van der Waals surface area contributed by atoms with Crippen LogP contribution in [-0.4, -0.2) is 33.1 Å². The minimum absolute atomic E-state index is 0.0660. The van der Waals surface area contributed by atoms with Crippen LogP contribution < -0.4 is 11.1 Å². The number of carbonyl (C=O) groups excluding carboxylic acids is 2. The summed E-state index contributed by atoms with van der Waals surface area (Å²) >= 11 is 0. The Balaban J connectivity index is 1.69. The first-order valence-electron chi connectivity index (χ1n) is 10.3. The van der Waals surface area contributed by atoms with Gasteiger partial charge in [-0.25, -0.2) is 9.50 Å². The summed E-state index contributed by atoms with van der Waals surface area (Å²) in [5, 5.41) is 7.12. The molecular formula is C24H23N5O3. The Morgan fingerprint density at radius 3 is 2.75 bits per heavy atom. The zero-order chi connectivity index (χ0) is 22.5. The Kier molecular flexibility index (Phi) is 6.23. The molecule has 3 N–H and O–H groups in total. The van der Waals surface area contributed by atoms with E-state index in [-0.39, 0.29) is 18.3 Å². The van der Waals surface area contributed by atoms with Crippen LogP contribution in [0.4, 0.5) is 5.69 Å². The highest BCUT2D eigenvalue weighted by Gasteiger charge is 2.17. The number of nitrogens with one attached hydrogen (secondary N) is 1. The van der Waals surface area contributed by atoms with Crippen molar-refractivity contribution in [2.24, 2.45) is 5.73 Å². The van der Waals surface area contributed by atoms with Crippen molar-refractivity contribution in [1.82, 2.24) is 14.6 Å². The van der Waals surface area contributed by atoms with Gasteiger partial charge in [0.2, 0.25) is 0 Å². The van der Waals surface area contributed by atoms with Crippen LogP contribution in [0.1, 0.15) is 28.4 Å². The number of nitrogens with two attached hydrogens (primary N) is 1. The van der Waals surface area contributed by atoms with Gasteiger partial charge in [-0.1, -0.05) is 36.4 Å². The van der Waals surface area contributed by atoms with Crippen molar-refractivity contribution in [3.05, 3.63) is 83.8 Å². The minimum Gasteiger partial charge on any atom is -0.466 e. The molecule has 0 bridgehead atoms. The molecule has 2 aromatic heterocycles. The van der Waals surface area contributed by atoms with Crippen LogP contribution in [0, 0.1) is 0 Å². The summed E-state index contributed by atoms with van der Waals surface area (Å²) in [5.74, 6) is -0.702. The molecule has 4 rings (SSSR count). The lowest BCUT2D eigenvalue weighted by Crippen LogP contribution is -2.16. The van der Waals surface area contributed by atoms with E-state index in [1.807, 2.05) is 36.5 Å².